The first-order chi connectivity index (χ1) is 8.20. The smallest absolute Gasteiger partial charge is 0.374 e. The average Bonchev–Trinajstić information content (AvgIpc) is 2.70. The van der Waals surface area contributed by atoms with Crippen molar-refractivity contribution in [3.8, 4) is 0 Å². The van der Waals surface area contributed by atoms with E-state index in [1.807, 2.05) is 13.0 Å². The van der Waals surface area contributed by atoms with Gasteiger partial charge in [0.25, 0.3) is 0 Å². The van der Waals surface area contributed by atoms with Crippen molar-refractivity contribution < 1.29 is 13.9 Å². The van der Waals surface area contributed by atoms with Crippen LogP contribution in [-0.2, 0) is 11.3 Å². The predicted octanol–water partition coefficient (Wildman–Crippen LogP) is 0.780. The molecule has 0 aliphatic carbocycles. The minimum absolute atomic E-state index is 0.317. The molecule has 94 valence electrons. The molecule has 0 spiro atoms. The van der Waals surface area contributed by atoms with Crippen molar-refractivity contribution in [3.63, 3.8) is 0 Å². The fraction of sp³-hybridized carbons (Fsp3) is 0.583. The van der Waals surface area contributed by atoms with Gasteiger partial charge >= 0.3 is 5.97 Å². The van der Waals surface area contributed by atoms with Gasteiger partial charge in [0, 0.05) is 31.7 Å². The van der Waals surface area contributed by atoms with Gasteiger partial charge in [-0.2, -0.15) is 0 Å². The Balaban J connectivity index is 2.03. The Morgan fingerprint density at radius 2 is 2.24 bits per heavy atom. The van der Waals surface area contributed by atoms with Gasteiger partial charge in [-0.05, 0) is 13.0 Å². The monoisotopic (exact) mass is 238 g/mol. The first-order valence-electron chi connectivity index (χ1n) is 5.81. The van der Waals surface area contributed by atoms with Crippen LogP contribution in [0.5, 0.6) is 0 Å². The zero-order valence-corrected chi connectivity index (χ0v) is 10.3. The van der Waals surface area contributed by atoms with Gasteiger partial charge in [-0.3, -0.25) is 4.90 Å². The maximum atomic E-state index is 11.4. The van der Waals surface area contributed by atoms with Crippen molar-refractivity contribution in [1.29, 1.82) is 0 Å². The van der Waals surface area contributed by atoms with Crippen molar-refractivity contribution in [2.24, 2.45) is 0 Å². The SMILES string of the molecule is COC(=O)c1oc(CN2CCNCC2)cc1C. The van der Waals surface area contributed by atoms with E-state index in [1.165, 1.54) is 7.11 Å². The molecule has 1 aromatic rings. The second-order valence-corrected chi connectivity index (χ2v) is 4.24. The summed E-state index contributed by atoms with van der Waals surface area (Å²) in [7, 11) is 1.36. The van der Waals surface area contributed by atoms with Crippen LogP contribution in [0, 0.1) is 6.92 Å². The van der Waals surface area contributed by atoms with Crippen LogP contribution in [0.15, 0.2) is 10.5 Å². The van der Waals surface area contributed by atoms with Gasteiger partial charge in [-0.15, -0.1) is 0 Å². The number of aryl methyl sites for hydroxylation is 1. The highest BCUT2D eigenvalue weighted by molar-refractivity contribution is 5.87. The highest BCUT2D eigenvalue weighted by atomic mass is 16.5. The zero-order valence-electron chi connectivity index (χ0n) is 10.3. The van der Waals surface area contributed by atoms with Crippen molar-refractivity contribution in [2.75, 3.05) is 33.3 Å². The Morgan fingerprint density at radius 3 is 2.88 bits per heavy atom. The summed E-state index contributed by atoms with van der Waals surface area (Å²) in [5.74, 6) is 0.733. The quantitative estimate of drug-likeness (QED) is 0.789. The molecule has 1 N–H and O–H groups in total. The van der Waals surface area contributed by atoms with Gasteiger partial charge in [0.1, 0.15) is 5.76 Å². The molecule has 2 heterocycles. The lowest BCUT2D eigenvalue weighted by atomic mass is 10.2. The lowest BCUT2D eigenvalue weighted by Gasteiger charge is -2.26. The van der Waals surface area contributed by atoms with Gasteiger partial charge in [-0.25, -0.2) is 4.79 Å². The number of esters is 1. The van der Waals surface area contributed by atoms with Gasteiger partial charge in [0.05, 0.1) is 13.7 Å². The van der Waals surface area contributed by atoms with Crippen molar-refractivity contribution in [1.82, 2.24) is 10.2 Å². The van der Waals surface area contributed by atoms with Gasteiger partial charge in [0.15, 0.2) is 0 Å². The summed E-state index contributed by atoms with van der Waals surface area (Å²) in [5.41, 5.74) is 0.835. The van der Waals surface area contributed by atoms with Crippen LogP contribution in [-0.4, -0.2) is 44.2 Å². The van der Waals surface area contributed by atoms with Crippen molar-refractivity contribution in [3.05, 3.63) is 23.2 Å². The van der Waals surface area contributed by atoms with Crippen LogP contribution >= 0.6 is 0 Å². The molecule has 0 radical (unpaired) electrons. The minimum Gasteiger partial charge on any atom is -0.463 e. The molecule has 17 heavy (non-hydrogen) atoms. The summed E-state index contributed by atoms with van der Waals surface area (Å²) < 4.78 is 10.2. The third kappa shape index (κ3) is 2.87. The molecule has 0 atom stereocenters. The van der Waals surface area contributed by atoms with E-state index in [4.69, 9.17) is 4.42 Å². The standard InChI is InChI=1S/C12H18N2O3/c1-9-7-10(17-11(9)12(15)16-2)8-14-5-3-13-4-6-14/h7,13H,3-6,8H2,1-2H3. The number of carbonyl (C=O) groups excluding carboxylic acids is 1. The number of carbonyl (C=O) groups is 1. The number of methoxy groups -OCH3 is 1. The number of hydrogen-bond acceptors (Lipinski definition) is 5. The normalized spacial score (nSPS) is 17.1. The molecule has 1 aliphatic heterocycles. The van der Waals surface area contributed by atoms with E-state index < -0.39 is 5.97 Å². The lowest BCUT2D eigenvalue weighted by Crippen LogP contribution is -2.42. The Kier molecular flexibility index (Phi) is 3.81. The van der Waals surface area contributed by atoms with E-state index in [-0.39, 0.29) is 0 Å². The maximum absolute atomic E-state index is 11.4. The second-order valence-electron chi connectivity index (χ2n) is 4.24. The third-order valence-electron chi connectivity index (χ3n) is 2.93. The van der Waals surface area contributed by atoms with Crippen LogP contribution in [0.2, 0.25) is 0 Å². The van der Waals surface area contributed by atoms with Gasteiger partial charge in [-0.1, -0.05) is 0 Å². The van der Waals surface area contributed by atoms with Crippen LogP contribution in [0.1, 0.15) is 21.9 Å². The third-order valence-corrected chi connectivity index (χ3v) is 2.93. The highest BCUT2D eigenvalue weighted by Crippen LogP contribution is 2.17. The van der Waals surface area contributed by atoms with Crippen LogP contribution in [0.4, 0.5) is 0 Å². The fourth-order valence-corrected chi connectivity index (χ4v) is 2.01. The van der Waals surface area contributed by atoms with Gasteiger partial charge < -0.3 is 14.5 Å². The molecular weight excluding hydrogens is 220 g/mol. The number of nitrogens with zero attached hydrogens (tertiary/aromatic N) is 1. The van der Waals surface area contributed by atoms with E-state index in [2.05, 4.69) is 15.0 Å². The molecule has 0 bridgehead atoms. The molecule has 0 aromatic carbocycles. The van der Waals surface area contributed by atoms with Crippen LogP contribution in [0.3, 0.4) is 0 Å². The van der Waals surface area contributed by atoms with E-state index in [1.54, 1.807) is 0 Å². The molecule has 2 rings (SSSR count). The number of ether oxygens (including phenoxy) is 1. The molecule has 1 aromatic heterocycles. The summed E-state index contributed by atoms with van der Waals surface area (Å²) in [6.07, 6.45) is 0. The fourth-order valence-electron chi connectivity index (χ4n) is 2.01. The zero-order chi connectivity index (χ0) is 12.3. The maximum Gasteiger partial charge on any atom is 0.374 e. The molecule has 5 nitrogen and oxygen atoms in total. The average molecular weight is 238 g/mol. The number of hydrogen-bond donors (Lipinski definition) is 1. The Hall–Kier alpha value is -1.33. The minimum atomic E-state index is -0.408. The number of furan rings is 1. The topological polar surface area (TPSA) is 54.7 Å². The largest absolute Gasteiger partial charge is 0.463 e. The molecular formula is C12H18N2O3. The summed E-state index contributed by atoms with van der Waals surface area (Å²) in [4.78, 5) is 13.7. The Labute approximate surface area is 101 Å². The van der Waals surface area contributed by atoms with E-state index in [0.29, 0.717) is 5.76 Å². The second kappa shape index (κ2) is 5.33. The molecule has 0 unspecified atom stereocenters. The van der Waals surface area contributed by atoms with Crippen LogP contribution in [0.25, 0.3) is 0 Å². The molecule has 0 amide bonds. The molecule has 1 aliphatic rings. The van der Waals surface area contributed by atoms with Crippen molar-refractivity contribution in [2.45, 2.75) is 13.5 Å². The first-order valence-corrected chi connectivity index (χ1v) is 5.81. The summed E-state index contributed by atoms with van der Waals surface area (Å²) in [6, 6.07) is 1.91. The molecule has 1 saturated heterocycles. The number of piperazine rings is 1. The van der Waals surface area contributed by atoms with E-state index >= 15 is 0 Å². The summed E-state index contributed by atoms with van der Waals surface area (Å²) in [6.45, 7) is 6.63. The summed E-state index contributed by atoms with van der Waals surface area (Å²) in [5, 5.41) is 3.30. The van der Waals surface area contributed by atoms with Gasteiger partial charge in [0.2, 0.25) is 5.76 Å². The summed E-state index contributed by atoms with van der Waals surface area (Å²) >= 11 is 0. The Bertz CT molecular complexity index is 394. The lowest BCUT2D eigenvalue weighted by molar-refractivity contribution is 0.0559. The van der Waals surface area contributed by atoms with E-state index in [0.717, 1.165) is 44.0 Å². The number of rotatable bonds is 3. The molecule has 5 heteroatoms. The number of nitrogens with one attached hydrogen (secondary N) is 1. The van der Waals surface area contributed by atoms with Crippen LogP contribution < -0.4 is 5.32 Å². The predicted molar refractivity (Wildman–Crippen MR) is 62.9 cm³/mol. The first kappa shape index (κ1) is 12.1. The van der Waals surface area contributed by atoms with E-state index in [9.17, 15) is 4.79 Å². The van der Waals surface area contributed by atoms with Crippen molar-refractivity contribution >= 4 is 5.97 Å². The molecule has 1 fully saturated rings. The highest BCUT2D eigenvalue weighted by Gasteiger charge is 2.18. The Morgan fingerprint density at radius 1 is 1.53 bits per heavy atom. The molecule has 0 saturated carbocycles.